The molecule has 0 saturated heterocycles. The number of aromatic hydroxyl groups is 1. The van der Waals surface area contributed by atoms with Crippen molar-refractivity contribution in [2.24, 2.45) is 0 Å². The number of phenolic OH excluding ortho intramolecular Hbond substituents is 1. The Kier molecular flexibility index (Phi) is 3.93. The number of aromatic amines is 1. The molecular formula is C18H14N2O3. The first-order valence-corrected chi connectivity index (χ1v) is 7.03. The Morgan fingerprint density at radius 3 is 2.30 bits per heavy atom. The smallest absolute Gasteiger partial charge is 0.261 e. The van der Waals surface area contributed by atoms with Gasteiger partial charge < -0.3 is 15.4 Å². The van der Waals surface area contributed by atoms with Gasteiger partial charge in [-0.1, -0.05) is 42.5 Å². The van der Waals surface area contributed by atoms with Crippen LogP contribution in [-0.2, 0) is 0 Å². The fraction of sp³-hybridized carbons (Fsp3) is 0. The van der Waals surface area contributed by atoms with Crippen molar-refractivity contribution in [2.75, 3.05) is 5.32 Å². The van der Waals surface area contributed by atoms with Gasteiger partial charge in [-0.3, -0.25) is 9.59 Å². The number of H-pyrrole nitrogens is 1. The maximum absolute atomic E-state index is 12.2. The van der Waals surface area contributed by atoms with Crippen LogP contribution in [0.3, 0.4) is 0 Å². The molecule has 0 bridgehead atoms. The van der Waals surface area contributed by atoms with E-state index in [2.05, 4.69) is 10.3 Å². The summed E-state index contributed by atoms with van der Waals surface area (Å²) in [5.41, 5.74) is 1.24. The summed E-state index contributed by atoms with van der Waals surface area (Å²) in [5, 5.41) is 12.2. The monoisotopic (exact) mass is 306 g/mol. The average molecular weight is 306 g/mol. The van der Waals surface area contributed by atoms with Crippen molar-refractivity contribution in [3.8, 4) is 17.0 Å². The lowest BCUT2D eigenvalue weighted by Gasteiger charge is -2.07. The summed E-state index contributed by atoms with van der Waals surface area (Å²) in [6.07, 6.45) is 0. The lowest BCUT2D eigenvalue weighted by Crippen LogP contribution is -2.23. The van der Waals surface area contributed by atoms with Gasteiger partial charge in [0.05, 0.1) is 5.69 Å². The molecule has 114 valence electrons. The van der Waals surface area contributed by atoms with E-state index in [9.17, 15) is 14.7 Å². The maximum Gasteiger partial charge on any atom is 0.261 e. The standard InChI is InChI=1S/C18H14N2O3/c21-16-9-5-4-8-15(16)20-18(23)13-10-11-14(19-17(13)22)12-6-2-1-3-7-12/h1-11,21H,(H,19,22)(H,20,23). The minimum Gasteiger partial charge on any atom is -0.506 e. The van der Waals surface area contributed by atoms with Crippen molar-refractivity contribution < 1.29 is 9.90 Å². The molecule has 0 aliphatic carbocycles. The molecule has 0 fully saturated rings. The number of aromatic nitrogens is 1. The van der Waals surface area contributed by atoms with Crippen LogP contribution in [0.2, 0.25) is 0 Å². The van der Waals surface area contributed by atoms with Crippen LogP contribution in [0.1, 0.15) is 10.4 Å². The van der Waals surface area contributed by atoms with Gasteiger partial charge in [0.2, 0.25) is 0 Å². The molecule has 0 aliphatic heterocycles. The number of benzene rings is 2. The molecule has 3 aromatic rings. The second kappa shape index (κ2) is 6.19. The predicted octanol–water partition coefficient (Wildman–Crippen LogP) is 3.00. The lowest BCUT2D eigenvalue weighted by atomic mass is 10.1. The van der Waals surface area contributed by atoms with Crippen LogP contribution in [0.25, 0.3) is 11.3 Å². The second-order valence-electron chi connectivity index (χ2n) is 4.95. The molecule has 0 spiro atoms. The van der Waals surface area contributed by atoms with Crippen molar-refractivity contribution in [2.45, 2.75) is 0 Å². The Bertz CT molecular complexity index is 901. The Morgan fingerprint density at radius 1 is 0.913 bits per heavy atom. The number of carbonyl (C=O) groups is 1. The summed E-state index contributed by atoms with van der Waals surface area (Å²) in [6.45, 7) is 0. The highest BCUT2D eigenvalue weighted by Gasteiger charge is 2.13. The van der Waals surface area contributed by atoms with Crippen LogP contribution in [-0.4, -0.2) is 16.0 Å². The third-order valence-corrected chi connectivity index (χ3v) is 3.39. The molecule has 2 aromatic carbocycles. The molecule has 0 radical (unpaired) electrons. The van der Waals surface area contributed by atoms with Gasteiger partial charge in [0.15, 0.2) is 0 Å². The molecular weight excluding hydrogens is 292 g/mol. The van der Waals surface area contributed by atoms with Crippen molar-refractivity contribution in [1.29, 1.82) is 0 Å². The first kappa shape index (κ1) is 14.6. The van der Waals surface area contributed by atoms with Crippen LogP contribution in [0, 0.1) is 0 Å². The summed E-state index contributed by atoms with van der Waals surface area (Å²) < 4.78 is 0. The molecule has 5 heteroatoms. The second-order valence-corrected chi connectivity index (χ2v) is 4.95. The van der Waals surface area contributed by atoms with Gasteiger partial charge in [0, 0.05) is 5.69 Å². The van der Waals surface area contributed by atoms with Crippen molar-refractivity contribution in [1.82, 2.24) is 4.98 Å². The molecule has 3 N–H and O–H groups in total. The Balaban J connectivity index is 1.88. The van der Waals surface area contributed by atoms with Gasteiger partial charge in [-0.2, -0.15) is 0 Å². The average Bonchev–Trinajstić information content (AvgIpc) is 2.57. The number of carbonyl (C=O) groups excluding carboxylic acids is 1. The summed E-state index contributed by atoms with van der Waals surface area (Å²) in [4.78, 5) is 27.0. The topological polar surface area (TPSA) is 82.2 Å². The van der Waals surface area contributed by atoms with E-state index in [0.717, 1.165) is 5.56 Å². The molecule has 1 aromatic heterocycles. The van der Waals surface area contributed by atoms with Gasteiger partial charge in [-0.25, -0.2) is 0 Å². The van der Waals surface area contributed by atoms with E-state index in [-0.39, 0.29) is 17.0 Å². The van der Waals surface area contributed by atoms with Crippen molar-refractivity contribution in [3.63, 3.8) is 0 Å². The molecule has 5 nitrogen and oxygen atoms in total. The lowest BCUT2D eigenvalue weighted by molar-refractivity contribution is 0.102. The minimum atomic E-state index is -0.577. The van der Waals surface area contributed by atoms with Crippen LogP contribution in [0.4, 0.5) is 5.69 Å². The summed E-state index contributed by atoms with van der Waals surface area (Å²) >= 11 is 0. The first-order chi connectivity index (χ1) is 11.1. The van der Waals surface area contributed by atoms with E-state index in [1.54, 1.807) is 24.3 Å². The third kappa shape index (κ3) is 3.13. The van der Waals surface area contributed by atoms with Crippen LogP contribution >= 0.6 is 0 Å². The summed E-state index contributed by atoms with van der Waals surface area (Å²) in [7, 11) is 0. The number of nitrogens with one attached hydrogen (secondary N) is 2. The van der Waals surface area contributed by atoms with Crippen LogP contribution in [0.15, 0.2) is 71.5 Å². The van der Waals surface area contributed by atoms with Gasteiger partial charge in [0.1, 0.15) is 11.3 Å². The van der Waals surface area contributed by atoms with Crippen molar-refractivity contribution >= 4 is 11.6 Å². The number of para-hydroxylation sites is 2. The maximum atomic E-state index is 12.2. The van der Waals surface area contributed by atoms with Gasteiger partial charge in [-0.15, -0.1) is 0 Å². The van der Waals surface area contributed by atoms with E-state index in [4.69, 9.17) is 0 Å². The molecule has 0 atom stereocenters. The van der Waals surface area contributed by atoms with Crippen LogP contribution < -0.4 is 10.9 Å². The fourth-order valence-electron chi connectivity index (χ4n) is 2.21. The Hall–Kier alpha value is -3.34. The molecule has 0 saturated carbocycles. The summed E-state index contributed by atoms with van der Waals surface area (Å²) in [5.74, 6) is -0.634. The molecule has 23 heavy (non-hydrogen) atoms. The van der Waals surface area contributed by atoms with Gasteiger partial charge >= 0.3 is 0 Å². The summed E-state index contributed by atoms with van der Waals surface area (Å²) in [6, 6.07) is 18.8. The van der Waals surface area contributed by atoms with Gasteiger partial charge in [0.25, 0.3) is 11.5 Å². The Morgan fingerprint density at radius 2 is 1.61 bits per heavy atom. The number of hydrogen-bond acceptors (Lipinski definition) is 3. The Labute approximate surface area is 132 Å². The molecule has 1 heterocycles. The number of phenols is 1. The zero-order valence-electron chi connectivity index (χ0n) is 12.1. The highest BCUT2D eigenvalue weighted by atomic mass is 16.3. The highest BCUT2D eigenvalue weighted by Crippen LogP contribution is 2.22. The number of hydrogen-bond donors (Lipinski definition) is 3. The quantitative estimate of drug-likeness (QED) is 0.651. The van der Waals surface area contributed by atoms with Crippen LogP contribution in [0.5, 0.6) is 5.75 Å². The zero-order valence-corrected chi connectivity index (χ0v) is 12.1. The molecule has 3 rings (SSSR count). The van der Waals surface area contributed by atoms with Crippen molar-refractivity contribution in [3.05, 3.63) is 82.6 Å². The zero-order chi connectivity index (χ0) is 16.2. The SMILES string of the molecule is O=C(Nc1ccccc1O)c1ccc(-c2ccccc2)[nH]c1=O. The number of rotatable bonds is 3. The van der Waals surface area contributed by atoms with E-state index < -0.39 is 11.5 Å². The molecule has 0 unspecified atom stereocenters. The minimum absolute atomic E-state index is 0.0204. The highest BCUT2D eigenvalue weighted by molar-refractivity contribution is 6.04. The number of amides is 1. The van der Waals surface area contributed by atoms with E-state index in [1.165, 1.54) is 12.1 Å². The first-order valence-electron chi connectivity index (χ1n) is 7.03. The predicted molar refractivity (Wildman–Crippen MR) is 88.6 cm³/mol. The van der Waals surface area contributed by atoms with Gasteiger partial charge in [-0.05, 0) is 29.8 Å². The fourth-order valence-corrected chi connectivity index (χ4v) is 2.21. The number of pyridine rings is 1. The molecule has 1 amide bonds. The number of anilines is 1. The van der Waals surface area contributed by atoms with E-state index in [0.29, 0.717) is 5.69 Å². The van der Waals surface area contributed by atoms with E-state index >= 15 is 0 Å². The molecule has 0 aliphatic rings. The van der Waals surface area contributed by atoms with E-state index in [1.807, 2.05) is 30.3 Å². The normalized spacial score (nSPS) is 10.3. The third-order valence-electron chi connectivity index (χ3n) is 3.39. The largest absolute Gasteiger partial charge is 0.506 e.